The van der Waals surface area contributed by atoms with E-state index in [1.165, 1.54) is 53.9 Å². The molecule has 1 aliphatic carbocycles. The van der Waals surface area contributed by atoms with E-state index in [1.54, 1.807) is 0 Å². The van der Waals surface area contributed by atoms with Gasteiger partial charge in [-0.3, -0.25) is 0 Å². The van der Waals surface area contributed by atoms with Gasteiger partial charge in [-0.15, -0.1) is 0 Å². The van der Waals surface area contributed by atoms with Crippen molar-refractivity contribution in [2.45, 2.75) is 70.1 Å². The fraction of sp³-hybridized carbons (Fsp3) is 0.423. The maximum atomic E-state index is 9.95. The van der Waals surface area contributed by atoms with E-state index in [0.717, 1.165) is 32.2 Å². The Morgan fingerprint density at radius 1 is 0.767 bits per heavy atom. The highest BCUT2D eigenvalue weighted by molar-refractivity contribution is 5.68. The second-order valence-corrected chi connectivity index (χ2v) is 8.71. The second kappa shape index (κ2) is 9.49. The first kappa shape index (κ1) is 21.3. The van der Waals surface area contributed by atoms with Gasteiger partial charge < -0.3 is 22.1 Å². The average Bonchev–Trinajstić information content (AvgIpc) is 2.96. The maximum Gasteiger partial charge on any atom is 0.257 e. The molecule has 0 bridgehead atoms. The van der Waals surface area contributed by atoms with Gasteiger partial charge in [0.15, 0.2) is 5.69 Å². The van der Waals surface area contributed by atoms with Crippen LogP contribution < -0.4 is 21.5 Å². The highest BCUT2D eigenvalue weighted by Gasteiger charge is 2.32. The molecule has 0 radical (unpaired) electrons. The normalized spacial score (nSPS) is 21.4. The SMILES string of the molecule is OC1CCC([n+]2cc(-c3ccc(-c4ccccc4)cc3)n3c2CCCCC3)CC1.[Br-]. The van der Waals surface area contributed by atoms with Crippen molar-refractivity contribution in [3.05, 3.63) is 66.6 Å². The van der Waals surface area contributed by atoms with Crippen LogP contribution in [0.25, 0.3) is 22.4 Å². The Labute approximate surface area is 190 Å². The van der Waals surface area contributed by atoms with Gasteiger partial charge in [-0.2, -0.15) is 0 Å². The van der Waals surface area contributed by atoms with E-state index >= 15 is 0 Å². The number of aliphatic hydroxyl groups excluding tert-OH is 1. The lowest BCUT2D eigenvalue weighted by Gasteiger charge is -2.23. The molecule has 1 saturated carbocycles. The van der Waals surface area contributed by atoms with E-state index in [2.05, 4.69) is 69.9 Å². The van der Waals surface area contributed by atoms with E-state index in [1.807, 2.05) is 0 Å². The van der Waals surface area contributed by atoms with Crippen LogP contribution in [0.2, 0.25) is 0 Å². The topological polar surface area (TPSA) is 29.0 Å². The summed E-state index contributed by atoms with van der Waals surface area (Å²) in [5.74, 6) is 1.49. The van der Waals surface area contributed by atoms with E-state index in [-0.39, 0.29) is 23.1 Å². The number of rotatable bonds is 3. The van der Waals surface area contributed by atoms with Crippen LogP contribution in [-0.2, 0) is 13.0 Å². The van der Waals surface area contributed by atoms with E-state index in [9.17, 15) is 5.11 Å². The third-order valence-corrected chi connectivity index (χ3v) is 6.79. The Bertz CT molecular complexity index is 957. The predicted octanol–water partition coefficient (Wildman–Crippen LogP) is 2.32. The Balaban J connectivity index is 0.00000218. The number of imidazole rings is 1. The molecule has 1 N–H and O–H groups in total. The van der Waals surface area contributed by atoms with Crippen molar-refractivity contribution < 1.29 is 26.7 Å². The summed E-state index contributed by atoms with van der Waals surface area (Å²) in [7, 11) is 0. The van der Waals surface area contributed by atoms with E-state index < -0.39 is 0 Å². The molecule has 5 rings (SSSR count). The first-order valence-corrected chi connectivity index (χ1v) is 11.3. The standard InChI is InChI=1S/C26H31N2O.BrH/c29-24-16-14-23(15-17-24)28-19-25(27-18-6-2-5-9-26(27)28)22-12-10-21(11-13-22)20-7-3-1-4-8-20;/h1,3-4,7-8,10-13,19,23-24,29H,2,5-6,9,14-18H2;1H/q+1;/p-1. The van der Waals surface area contributed by atoms with Crippen LogP contribution in [0.4, 0.5) is 0 Å². The van der Waals surface area contributed by atoms with Crippen molar-refractivity contribution in [3.63, 3.8) is 0 Å². The largest absolute Gasteiger partial charge is 1.00 e. The summed E-state index contributed by atoms with van der Waals surface area (Å²) in [4.78, 5) is 0. The molecule has 0 saturated heterocycles. The Hall–Kier alpha value is -1.91. The molecule has 3 aromatic rings. The molecule has 0 amide bonds. The van der Waals surface area contributed by atoms with Gasteiger partial charge in [-0.05, 0) is 68.2 Å². The molecule has 0 spiro atoms. The Kier molecular flexibility index (Phi) is 6.74. The summed E-state index contributed by atoms with van der Waals surface area (Å²) in [6.07, 6.45) is 11.4. The second-order valence-electron chi connectivity index (χ2n) is 8.71. The molecule has 1 fully saturated rings. The molecule has 1 aliphatic heterocycles. The zero-order valence-corrected chi connectivity index (χ0v) is 19.1. The number of nitrogens with zero attached hydrogens (tertiary/aromatic N) is 2. The van der Waals surface area contributed by atoms with Crippen molar-refractivity contribution in [1.29, 1.82) is 0 Å². The van der Waals surface area contributed by atoms with E-state index in [4.69, 9.17) is 0 Å². The number of hydrogen-bond donors (Lipinski definition) is 1. The Morgan fingerprint density at radius 2 is 1.43 bits per heavy atom. The number of hydrogen-bond acceptors (Lipinski definition) is 1. The minimum absolute atomic E-state index is 0. The van der Waals surface area contributed by atoms with Crippen molar-refractivity contribution in [2.75, 3.05) is 0 Å². The van der Waals surface area contributed by atoms with Crippen molar-refractivity contribution in [1.82, 2.24) is 4.57 Å². The number of aromatic nitrogens is 2. The smallest absolute Gasteiger partial charge is 0.257 e. The molecule has 30 heavy (non-hydrogen) atoms. The summed E-state index contributed by atoms with van der Waals surface area (Å²) < 4.78 is 5.15. The van der Waals surface area contributed by atoms with Gasteiger partial charge in [0, 0.05) is 12.0 Å². The molecule has 1 aromatic heterocycles. The highest BCUT2D eigenvalue weighted by Crippen LogP contribution is 2.30. The number of aliphatic hydroxyl groups is 1. The zero-order chi connectivity index (χ0) is 19.6. The highest BCUT2D eigenvalue weighted by atomic mass is 79.9. The third kappa shape index (κ3) is 4.26. The average molecular weight is 467 g/mol. The van der Waals surface area contributed by atoms with Gasteiger partial charge in [0.05, 0.1) is 12.6 Å². The molecule has 158 valence electrons. The van der Waals surface area contributed by atoms with Crippen molar-refractivity contribution in [2.24, 2.45) is 0 Å². The first-order chi connectivity index (χ1) is 14.3. The predicted molar refractivity (Wildman–Crippen MR) is 117 cm³/mol. The van der Waals surface area contributed by atoms with Crippen LogP contribution >= 0.6 is 0 Å². The fourth-order valence-corrected chi connectivity index (χ4v) is 5.14. The lowest BCUT2D eigenvalue weighted by molar-refractivity contribution is -0.732. The molecule has 2 heterocycles. The summed E-state index contributed by atoms with van der Waals surface area (Å²) >= 11 is 0. The monoisotopic (exact) mass is 466 g/mol. The molecule has 3 nitrogen and oxygen atoms in total. The van der Waals surface area contributed by atoms with Gasteiger partial charge in [-0.25, -0.2) is 9.13 Å². The number of fused-ring (bicyclic) bond motifs is 1. The van der Waals surface area contributed by atoms with Gasteiger partial charge in [0.2, 0.25) is 0 Å². The summed E-state index contributed by atoms with van der Waals surface area (Å²) in [5.41, 5.74) is 5.20. The summed E-state index contributed by atoms with van der Waals surface area (Å²) in [5, 5.41) is 9.95. The van der Waals surface area contributed by atoms with Crippen LogP contribution in [0, 0.1) is 0 Å². The molecule has 4 heteroatoms. The van der Waals surface area contributed by atoms with E-state index in [0.29, 0.717) is 6.04 Å². The lowest BCUT2D eigenvalue weighted by atomic mass is 9.93. The fourth-order valence-electron chi connectivity index (χ4n) is 5.14. The van der Waals surface area contributed by atoms with Gasteiger partial charge >= 0.3 is 0 Å². The van der Waals surface area contributed by atoms with Gasteiger partial charge in [0.25, 0.3) is 5.82 Å². The van der Waals surface area contributed by atoms with Crippen molar-refractivity contribution in [3.8, 4) is 22.4 Å². The molecule has 2 aliphatic rings. The molecule has 0 atom stereocenters. The first-order valence-electron chi connectivity index (χ1n) is 11.3. The minimum Gasteiger partial charge on any atom is -1.00 e. The van der Waals surface area contributed by atoms with Gasteiger partial charge in [0.1, 0.15) is 12.2 Å². The third-order valence-electron chi connectivity index (χ3n) is 6.79. The lowest BCUT2D eigenvalue weighted by Crippen LogP contribution is -3.00. The van der Waals surface area contributed by atoms with Crippen LogP contribution in [0.15, 0.2) is 60.8 Å². The van der Waals surface area contributed by atoms with Crippen molar-refractivity contribution >= 4 is 0 Å². The molecule has 2 aromatic carbocycles. The summed E-state index contributed by atoms with van der Waals surface area (Å²) in [6.45, 7) is 1.12. The number of halogens is 1. The maximum absolute atomic E-state index is 9.95. The number of benzene rings is 2. The van der Waals surface area contributed by atoms with Crippen LogP contribution in [0.3, 0.4) is 0 Å². The minimum atomic E-state index is -0.0990. The molecular weight excluding hydrogens is 436 g/mol. The van der Waals surface area contributed by atoms with Gasteiger partial charge in [-0.1, -0.05) is 42.5 Å². The molecular formula is C26H31BrN2O. The Morgan fingerprint density at radius 3 is 2.17 bits per heavy atom. The van der Waals surface area contributed by atoms with Crippen LogP contribution in [0.5, 0.6) is 0 Å². The van der Waals surface area contributed by atoms with Crippen LogP contribution in [0.1, 0.15) is 56.8 Å². The summed E-state index contributed by atoms with van der Waals surface area (Å²) in [6, 6.07) is 20.2. The van der Waals surface area contributed by atoms with Crippen LogP contribution in [-0.4, -0.2) is 15.8 Å². The zero-order valence-electron chi connectivity index (χ0n) is 17.5. The quantitative estimate of drug-likeness (QED) is 0.589. The molecule has 0 unspecified atom stereocenters.